The van der Waals surface area contributed by atoms with Crippen molar-refractivity contribution in [2.75, 3.05) is 5.73 Å². The van der Waals surface area contributed by atoms with Crippen molar-refractivity contribution < 1.29 is 14.7 Å². The number of hydrogen-bond acceptors (Lipinski definition) is 5. The SMILES string of the molecule is Nc1scc(-c2ccc(Cl)cc2)c1C(=O)O.O=CCCc1cccs1. The van der Waals surface area contributed by atoms with E-state index in [0.29, 0.717) is 22.0 Å². The number of halogens is 1. The van der Waals surface area contributed by atoms with E-state index in [0.717, 1.165) is 18.3 Å². The zero-order valence-electron chi connectivity index (χ0n) is 13.1. The van der Waals surface area contributed by atoms with E-state index in [4.69, 9.17) is 22.4 Å². The fraction of sp³-hybridized carbons (Fsp3) is 0.111. The lowest BCUT2D eigenvalue weighted by molar-refractivity contribution is -0.107. The third kappa shape index (κ3) is 5.42. The zero-order valence-corrected chi connectivity index (χ0v) is 15.5. The third-order valence-corrected chi connectivity index (χ3v) is 5.28. The Balaban J connectivity index is 0.000000212. The van der Waals surface area contributed by atoms with E-state index in [1.165, 1.54) is 16.2 Å². The van der Waals surface area contributed by atoms with Crippen molar-refractivity contribution in [1.82, 2.24) is 0 Å². The Bertz CT molecular complexity index is 827. The maximum Gasteiger partial charge on any atom is 0.339 e. The molecule has 0 saturated carbocycles. The Hall–Kier alpha value is -2.15. The van der Waals surface area contributed by atoms with Crippen LogP contribution >= 0.6 is 34.3 Å². The van der Waals surface area contributed by atoms with Crippen LogP contribution in [0.1, 0.15) is 21.7 Å². The molecule has 3 rings (SSSR count). The van der Waals surface area contributed by atoms with Crippen molar-refractivity contribution in [1.29, 1.82) is 0 Å². The van der Waals surface area contributed by atoms with Crippen molar-refractivity contribution in [3.8, 4) is 11.1 Å². The lowest BCUT2D eigenvalue weighted by Gasteiger charge is -2.01. The van der Waals surface area contributed by atoms with Gasteiger partial charge in [-0.2, -0.15) is 0 Å². The molecule has 0 unspecified atom stereocenters. The maximum absolute atomic E-state index is 11.0. The van der Waals surface area contributed by atoms with Crippen molar-refractivity contribution in [2.24, 2.45) is 0 Å². The highest BCUT2D eigenvalue weighted by molar-refractivity contribution is 7.15. The summed E-state index contributed by atoms with van der Waals surface area (Å²) in [5.41, 5.74) is 7.21. The van der Waals surface area contributed by atoms with E-state index >= 15 is 0 Å². The highest BCUT2D eigenvalue weighted by Crippen LogP contribution is 2.33. The summed E-state index contributed by atoms with van der Waals surface area (Å²) in [7, 11) is 0. The number of carboxylic acids is 1. The van der Waals surface area contributed by atoms with Crippen LogP contribution in [-0.4, -0.2) is 17.4 Å². The van der Waals surface area contributed by atoms with E-state index in [9.17, 15) is 9.59 Å². The molecule has 0 aliphatic carbocycles. The van der Waals surface area contributed by atoms with Gasteiger partial charge in [0.15, 0.2) is 0 Å². The quantitative estimate of drug-likeness (QED) is 0.581. The summed E-state index contributed by atoms with van der Waals surface area (Å²) < 4.78 is 0. The highest BCUT2D eigenvalue weighted by atomic mass is 35.5. The molecule has 0 spiro atoms. The molecule has 0 fully saturated rings. The molecule has 7 heteroatoms. The van der Waals surface area contributed by atoms with Crippen LogP contribution in [0.25, 0.3) is 11.1 Å². The molecule has 3 N–H and O–H groups in total. The molecule has 2 aromatic heterocycles. The molecule has 0 atom stereocenters. The molecule has 3 aromatic rings. The average Bonchev–Trinajstić information content (AvgIpc) is 3.23. The van der Waals surface area contributed by atoms with Gasteiger partial charge < -0.3 is 15.6 Å². The lowest BCUT2D eigenvalue weighted by atomic mass is 10.0. The number of carbonyl (C=O) groups excluding carboxylic acids is 1. The van der Waals surface area contributed by atoms with E-state index in [1.54, 1.807) is 41.0 Å². The Kier molecular flexibility index (Phi) is 7.18. The number of nitrogen functional groups attached to an aromatic ring is 1. The average molecular weight is 394 g/mol. The molecule has 4 nitrogen and oxygen atoms in total. The molecule has 0 aliphatic heterocycles. The molecule has 2 heterocycles. The van der Waals surface area contributed by atoms with Crippen molar-refractivity contribution in [3.63, 3.8) is 0 Å². The fourth-order valence-electron chi connectivity index (χ4n) is 2.09. The Morgan fingerprint density at radius 2 is 1.92 bits per heavy atom. The van der Waals surface area contributed by atoms with E-state index in [1.807, 2.05) is 17.5 Å². The van der Waals surface area contributed by atoms with Crippen molar-refractivity contribution in [3.05, 3.63) is 62.6 Å². The predicted octanol–water partition coefficient (Wildman–Crippen LogP) is 5.23. The lowest BCUT2D eigenvalue weighted by Crippen LogP contribution is -2.00. The van der Waals surface area contributed by atoms with Gasteiger partial charge >= 0.3 is 5.97 Å². The minimum Gasteiger partial charge on any atom is -0.478 e. The van der Waals surface area contributed by atoms with E-state index in [2.05, 4.69) is 0 Å². The molecule has 0 radical (unpaired) electrons. The first kappa shape index (κ1) is 19.2. The summed E-state index contributed by atoms with van der Waals surface area (Å²) in [6, 6.07) is 11.0. The van der Waals surface area contributed by atoms with Crippen LogP contribution in [0, 0.1) is 0 Å². The first-order chi connectivity index (χ1) is 12.0. The normalized spacial score (nSPS) is 9.96. The van der Waals surface area contributed by atoms with Crippen LogP contribution in [0.2, 0.25) is 5.02 Å². The van der Waals surface area contributed by atoms with Crippen LogP contribution in [0.3, 0.4) is 0 Å². The third-order valence-electron chi connectivity index (χ3n) is 3.28. The monoisotopic (exact) mass is 393 g/mol. The molecule has 0 bridgehead atoms. The Labute approximate surface area is 158 Å². The highest BCUT2D eigenvalue weighted by Gasteiger charge is 2.17. The molecule has 0 amide bonds. The second-order valence-corrected chi connectivity index (χ2v) is 7.37. The minimum absolute atomic E-state index is 0.160. The molecular weight excluding hydrogens is 378 g/mol. The summed E-state index contributed by atoms with van der Waals surface area (Å²) in [4.78, 5) is 22.2. The van der Waals surface area contributed by atoms with Gasteiger partial charge in [0.25, 0.3) is 0 Å². The number of nitrogens with two attached hydrogens (primary N) is 1. The number of carbonyl (C=O) groups is 2. The predicted molar refractivity (Wildman–Crippen MR) is 105 cm³/mol. The standard InChI is InChI=1S/C11H8ClNO2S.C7H8OS/c12-7-3-1-6(2-4-7)8-5-16-10(13)9(8)11(14)15;8-5-1-3-7-4-2-6-9-7/h1-5H,13H2,(H,14,15);2,4-6H,1,3H2. The molecule has 130 valence electrons. The number of carboxylic acid groups (broad SMARTS) is 1. The number of aryl methyl sites for hydroxylation is 1. The van der Waals surface area contributed by atoms with Crippen molar-refractivity contribution >= 4 is 51.5 Å². The largest absolute Gasteiger partial charge is 0.478 e. The first-order valence-electron chi connectivity index (χ1n) is 7.35. The second kappa shape index (κ2) is 9.36. The van der Waals surface area contributed by atoms with Crippen LogP contribution in [0.5, 0.6) is 0 Å². The second-order valence-electron chi connectivity index (χ2n) is 4.99. The number of benzene rings is 1. The van der Waals surface area contributed by atoms with Gasteiger partial charge in [-0.1, -0.05) is 29.8 Å². The Morgan fingerprint density at radius 3 is 2.48 bits per heavy atom. The van der Waals surface area contributed by atoms with E-state index < -0.39 is 5.97 Å². The molecule has 0 aliphatic rings. The van der Waals surface area contributed by atoms with Gasteiger partial charge in [-0.15, -0.1) is 22.7 Å². The molecule has 25 heavy (non-hydrogen) atoms. The van der Waals surface area contributed by atoms with Crippen LogP contribution in [0.15, 0.2) is 47.2 Å². The van der Waals surface area contributed by atoms with Crippen LogP contribution < -0.4 is 5.73 Å². The topological polar surface area (TPSA) is 80.4 Å². The van der Waals surface area contributed by atoms with Gasteiger partial charge in [0.05, 0.1) is 0 Å². The summed E-state index contributed by atoms with van der Waals surface area (Å²) >= 11 is 8.69. The van der Waals surface area contributed by atoms with Crippen molar-refractivity contribution in [2.45, 2.75) is 12.8 Å². The van der Waals surface area contributed by atoms with Gasteiger partial charge in [-0.05, 0) is 35.6 Å². The molecular formula is C18H16ClNO3S2. The first-order valence-corrected chi connectivity index (χ1v) is 9.49. The van der Waals surface area contributed by atoms with Gasteiger partial charge in [-0.25, -0.2) is 4.79 Å². The van der Waals surface area contributed by atoms with Crippen LogP contribution in [0.4, 0.5) is 5.00 Å². The number of anilines is 1. The molecule has 1 aromatic carbocycles. The number of aromatic carboxylic acids is 1. The summed E-state index contributed by atoms with van der Waals surface area (Å²) in [6.45, 7) is 0. The summed E-state index contributed by atoms with van der Waals surface area (Å²) in [6.07, 6.45) is 2.52. The van der Waals surface area contributed by atoms with Crippen LogP contribution in [-0.2, 0) is 11.2 Å². The van der Waals surface area contributed by atoms with Gasteiger partial charge in [-0.3, -0.25) is 0 Å². The summed E-state index contributed by atoms with van der Waals surface area (Å²) in [5.74, 6) is -1.01. The fourth-order valence-corrected chi connectivity index (χ4v) is 3.76. The number of hydrogen-bond donors (Lipinski definition) is 2. The zero-order chi connectivity index (χ0) is 18.2. The minimum atomic E-state index is -1.01. The smallest absolute Gasteiger partial charge is 0.339 e. The Morgan fingerprint density at radius 1 is 1.20 bits per heavy atom. The molecule has 0 saturated heterocycles. The number of rotatable bonds is 5. The number of aldehydes is 1. The maximum atomic E-state index is 11.0. The van der Waals surface area contributed by atoms with Gasteiger partial charge in [0.2, 0.25) is 0 Å². The van der Waals surface area contributed by atoms with Gasteiger partial charge in [0.1, 0.15) is 16.9 Å². The number of thiophene rings is 2. The summed E-state index contributed by atoms with van der Waals surface area (Å²) in [5, 5.41) is 13.7. The van der Waals surface area contributed by atoms with E-state index in [-0.39, 0.29) is 5.56 Å². The van der Waals surface area contributed by atoms with Gasteiger partial charge in [0, 0.05) is 27.3 Å².